The van der Waals surface area contributed by atoms with Gasteiger partial charge in [0.2, 0.25) is 5.96 Å². The van der Waals surface area contributed by atoms with E-state index in [0.29, 0.717) is 4.90 Å². The predicted molar refractivity (Wildman–Crippen MR) is 107 cm³/mol. The first-order chi connectivity index (χ1) is 15.0. The second-order valence-corrected chi connectivity index (χ2v) is 6.86. The van der Waals surface area contributed by atoms with Crippen molar-refractivity contribution in [2.24, 2.45) is 5.73 Å². The number of rotatable bonds is 3. The Kier molecular flexibility index (Phi) is 5.64. The first-order valence-electron chi connectivity index (χ1n) is 9.06. The fraction of sp³-hybridized carbons (Fsp3) is 0.143. The summed E-state index contributed by atoms with van der Waals surface area (Å²) < 4.78 is 39.6. The van der Waals surface area contributed by atoms with E-state index in [1.54, 1.807) is 0 Å². The van der Waals surface area contributed by atoms with Crippen molar-refractivity contribution in [3.8, 4) is 6.07 Å². The summed E-state index contributed by atoms with van der Waals surface area (Å²) in [4.78, 5) is 26.1. The van der Waals surface area contributed by atoms with Gasteiger partial charge < -0.3 is 10.8 Å². The molecule has 11 heteroatoms. The lowest BCUT2D eigenvalue weighted by atomic mass is 9.92. The molecular weight excluding hydrogens is 427 g/mol. The molecule has 3 rings (SSSR count). The fourth-order valence-corrected chi connectivity index (χ4v) is 3.53. The van der Waals surface area contributed by atoms with Crippen LogP contribution >= 0.6 is 0 Å². The van der Waals surface area contributed by atoms with Crippen molar-refractivity contribution >= 4 is 23.6 Å². The van der Waals surface area contributed by atoms with Crippen molar-refractivity contribution in [1.29, 1.82) is 10.7 Å². The van der Waals surface area contributed by atoms with Gasteiger partial charge in [-0.15, -0.1) is 0 Å². The number of allylic oxidation sites excluding steroid dienone is 1. The molecular formula is C21H16F3N5O3. The normalized spacial score (nSPS) is 16.7. The van der Waals surface area contributed by atoms with Gasteiger partial charge in [0, 0.05) is 11.4 Å². The van der Waals surface area contributed by atoms with Crippen molar-refractivity contribution in [2.45, 2.75) is 19.1 Å². The minimum Gasteiger partial charge on any atom is -0.478 e. The quantitative estimate of drug-likeness (QED) is 0.663. The predicted octanol–water partition coefficient (Wildman–Crippen LogP) is 3.81. The van der Waals surface area contributed by atoms with Gasteiger partial charge in [-0.25, -0.2) is 9.59 Å². The standard InChI is InChI=1S/C21H16F3N5O3/c1-11-16(18(30)31)17(13-7-5-12(10-25)6-8-13)29(20(27)32)19(26)28(11)15-4-2-3-14(9-15)21(22,23)24/h2-9,17,26H,1H3,(H2,27,32)(H,30,31)/t17-/m1/s1. The van der Waals surface area contributed by atoms with Crippen molar-refractivity contribution in [2.75, 3.05) is 4.90 Å². The summed E-state index contributed by atoms with van der Waals surface area (Å²) in [6.07, 6.45) is -4.67. The molecule has 1 heterocycles. The molecule has 1 aliphatic heterocycles. The maximum absolute atomic E-state index is 13.2. The number of carbonyl (C=O) groups is 2. The van der Waals surface area contributed by atoms with E-state index in [2.05, 4.69) is 0 Å². The number of halogens is 3. The van der Waals surface area contributed by atoms with Crippen LogP contribution in [-0.4, -0.2) is 28.0 Å². The van der Waals surface area contributed by atoms with Crippen LogP contribution in [0.5, 0.6) is 0 Å². The molecule has 164 valence electrons. The number of carbonyl (C=O) groups excluding carboxylic acids is 1. The highest BCUT2D eigenvalue weighted by Gasteiger charge is 2.43. The summed E-state index contributed by atoms with van der Waals surface area (Å²) in [7, 11) is 0. The number of carboxylic acid groups (broad SMARTS) is 1. The third-order valence-electron chi connectivity index (χ3n) is 4.95. The number of carboxylic acids is 1. The van der Waals surface area contributed by atoms with Crippen LogP contribution in [0.15, 0.2) is 59.8 Å². The van der Waals surface area contributed by atoms with Crippen LogP contribution < -0.4 is 10.6 Å². The van der Waals surface area contributed by atoms with Crippen LogP contribution in [0.2, 0.25) is 0 Å². The number of hydrogen-bond acceptors (Lipinski definition) is 4. The molecule has 4 N–H and O–H groups in total. The lowest BCUT2D eigenvalue weighted by Gasteiger charge is -2.42. The van der Waals surface area contributed by atoms with Crippen LogP contribution in [-0.2, 0) is 11.0 Å². The van der Waals surface area contributed by atoms with E-state index in [1.807, 2.05) is 6.07 Å². The van der Waals surface area contributed by atoms with E-state index >= 15 is 0 Å². The second-order valence-electron chi connectivity index (χ2n) is 6.86. The molecule has 1 aliphatic rings. The second kappa shape index (κ2) is 8.07. The van der Waals surface area contributed by atoms with Crippen molar-refractivity contribution in [3.05, 3.63) is 76.5 Å². The largest absolute Gasteiger partial charge is 0.478 e. The lowest BCUT2D eigenvalue weighted by Crippen LogP contribution is -2.55. The molecule has 0 radical (unpaired) electrons. The molecule has 0 bridgehead atoms. The monoisotopic (exact) mass is 443 g/mol. The fourth-order valence-electron chi connectivity index (χ4n) is 3.53. The zero-order valence-corrected chi connectivity index (χ0v) is 16.5. The molecule has 8 nitrogen and oxygen atoms in total. The van der Waals surface area contributed by atoms with E-state index in [0.717, 1.165) is 23.1 Å². The number of urea groups is 1. The Balaban J connectivity index is 2.26. The average molecular weight is 443 g/mol. The lowest BCUT2D eigenvalue weighted by molar-refractivity contribution is -0.137. The van der Waals surface area contributed by atoms with Gasteiger partial charge in [-0.3, -0.25) is 15.2 Å². The summed E-state index contributed by atoms with van der Waals surface area (Å²) in [5, 5.41) is 27.4. The van der Waals surface area contributed by atoms with E-state index in [1.165, 1.54) is 37.3 Å². The van der Waals surface area contributed by atoms with Gasteiger partial charge in [0.05, 0.1) is 22.8 Å². The van der Waals surface area contributed by atoms with E-state index in [4.69, 9.17) is 16.4 Å². The number of amides is 2. The zero-order chi connectivity index (χ0) is 23.8. The third kappa shape index (κ3) is 3.85. The number of primary amides is 1. The number of benzene rings is 2. The number of nitriles is 1. The third-order valence-corrected chi connectivity index (χ3v) is 4.95. The number of nitrogens with two attached hydrogens (primary N) is 1. The van der Waals surface area contributed by atoms with Crippen LogP contribution in [0.4, 0.5) is 23.7 Å². The Hall–Kier alpha value is -4.33. The molecule has 2 aromatic carbocycles. The van der Waals surface area contributed by atoms with Crippen molar-refractivity contribution in [1.82, 2.24) is 4.90 Å². The Morgan fingerprint density at radius 2 is 1.81 bits per heavy atom. The summed E-state index contributed by atoms with van der Waals surface area (Å²) in [5.41, 5.74) is 4.41. The van der Waals surface area contributed by atoms with Crippen molar-refractivity contribution < 1.29 is 27.9 Å². The van der Waals surface area contributed by atoms with Crippen LogP contribution in [0.25, 0.3) is 0 Å². The molecule has 2 amide bonds. The van der Waals surface area contributed by atoms with Crippen LogP contribution in [0.3, 0.4) is 0 Å². The number of guanidine groups is 1. The number of aliphatic carboxylic acids is 1. The zero-order valence-electron chi connectivity index (χ0n) is 16.5. The van der Waals surface area contributed by atoms with E-state index in [9.17, 15) is 27.9 Å². The summed E-state index contributed by atoms with van der Waals surface area (Å²) in [6.45, 7) is 1.33. The summed E-state index contributed by atoms with van der Waals surface area (Å²) in [6, 6.07) is 9.02. The molecule has 0 fully saturated rings. The minimum absolute atomic E-state index is 0.0614. The first-order valence-corrected chi connectivity index (χ1v) is 9.06. The number of nitrogens with zero attached hydrogens (tertiary/aromatic N) is 3. The molecule has 0 aliphatic carbocycles. The smallest absolute Gasteiger partial charge is 0.416 e. The van der Waals surface area contributed by atoms with Gasteiger partial charge in [-0.2, -0.15) is 18.4 Å². The van der Waals surface area contributed by atoms with Crippen LogP contribution in [0.1, 0.15) is 29.7 Å². The SMILES string of the molecule is CC1=C(C(=O)O)[C@@H](c2ccc(C#N)cc2)N(C(N)=O)C(=N)N1c1cccc(C(F)(F)F)c1. The maximum Gasteiger partial charge on any atom is 0.416 e. The molecule has 0 spiro atoms. The molecule has 0 unspecified atom stereocenters. The van der Waals surface area contributed by atoms with E-state index in [-0.39, 0.29) is 28.1 Å². The minimum atomic E-state index is -4.67. The Morgan fingerprint density at radius 1 is 1.19 bits per heavy atom. The Morgan fingerprint density at radius 3 is 2.31 bits per heavy atom. The summed E-state index contributed by atoms with van der Waals surface area (Å²) in [5.74, 6) is -2.07. The van der Waals surface area contributed by atoms with Gasteiger partial charge in [-0.05, 0) is 42.8 Å². The number of nitrogens with one attached hydrogen (secondary N) is 1. The first kappa shape index (κ1) is 22.4. The molecule has 0 saturated heterocycles. The van der Waals surface area contributed by atoms with Crippen molar-refractivity contribution in [3.63, 3.8) is 0 Å². The summed E-state index contributed by atoms with van der Waals surface area (Å²) >= 11 is 0. The Labute approximate surface area is 180 Å². The highest BCUT2D eigenvalue weighted by molar-refractivity contribution is 6.10. The Bertz CT molecular complexity index is 1180. The van der Waals surface area contributed by atoms with Gasteiger partial charge in [0.25, 0.3) is 0 Å². The molecule has 2 aromatic rings. The number of anilines is 1. The van der Waals surface area contributed by atoms with Crippen LogP contribution in [0, 0.1) is 16.7 Å². The number of hydrogen-bond donors (Lipinski definition) is 3. The number of alkyl halides is 3. The van der Waals surface area contributed by atoms with Gasteiger partial charge in [0.15, 0.2) is 0 Å². The highest BCUT2D eigenvalue weighted by Crippen LogP contribution is 2.40. The van der Waals surface area contributed by atoms with E-state index < -0.39 is 35.7 Å². The highest BCUT2D eigenvalue weighted by atomic mass is 19.4. The topological polar surface area (TPSA) is 135 Å². The average Bonchev–Trinajstić information content (AvgIpc) is 2.72. The molecule has 1 atom stereocenters. The van der Waals surface area contributed by atoms with Gasteiger partial charge in [0.1, 0.15) is 6.04 Å². The van der Waals surface area contributed by atoms with Gasteiger partial charge >= 0.3 is 18.2 Å². The van der Waals surface area contributed by atoms with Gasteiger partial charge in [-0.1, -0.05) is 18.2 Å². The maximum atomic E-state index is 13.2. The molecule has 0 saturated carbocycles. The molecule has 0 aromatic heterocycles. The molecule has 32 heavy (non-hydrogen) atoms.